The first-order valence-electron chi connectivity index (χ1n) is 7.86. The second-order valence-electron chi connectivity index (χ2n) is 6.64. The van der Waals surface area contributed by atoms with Crippen LogP contribution in [0, 0.1) is 23.7 Å². The lowest BCUT2D eigenvalue weighted by Crippen LogP contribution is -2.37. The number of amides is 2. The van der Waals surface area contributed by atoms with Crippen LogP contribution in [0.1, 0.15) is 46.0 Å². The van der Waals surface area contributed by atoms with Crippen molar-refractivity contribution in [2.24, 2.45) is 23.7 Å². The van der Waals surface area contributed by atoms with Crippen LogP contribution in [0.4, 0.5) is 0 Å². The summed E-state index contributed by atoms with van der Waals surface area (Å²) in [6, 6.07) is 0. The van der Waals surface area contributed by atoms with Gasteiger partial charge in [-0.05, 0) is 43.8 Å². The van der Waals surface area contributed by atoms with E-state index in [9.17, 15) is 14.4 Å². The first-order valence-corrected chi connectivity index (χ1v) is 9.08. The molecule has 0 bridgehead atoms. The van der Waals surface area contributed by atoms with Gasteiger partial charge in [-0.2, -0.15) is 0 Å². The summed E-state index contributed by atoms with van der Waals surface area (Å²) in [5.74, 6) is 0.631. The van der Waals surface area contributed by atoms with Crippen molar-refractivity contribution in [1.29, 1.82) is 0 Å². The number of thioether (sulfide) groups is 1. The lowest BCUT2D eigenvalue weighted by atomic mass is 9.82. The van der Waals surface area contributed by atoms with Crippen molar-refractivity contribution in [2.45, 2.75) is 46.0 Å². The van der Waals surface area contributed by atoms with Crippen LogP contribution in [0.2, 0.25) is 0 Å². The van der Waals surface area contributed by atoms with Gasteiger partial charge in [-0.15, -0.1) is 0 Å². The van der Waals surface area contributed by atoms with Gasteiger partial charge >= 0.3 is 0 Å². The largest absolute Gasteiger partial charge is 0.287 e. The molecular formula is C16H25NO3S. The van der Waals surface area contributed by atoms with Gasteiger partial charge in [0.1, 0.15) is 0 Å². The van der Waals surface area contributed by atoms with Crippen LogP contribution in [0.3, 0.4) is 0 Å². The van der Waals surface area contributed by atoms with E-state index in [0.717, 1.165) is 25.7 Å². The van der Waals surface area contributed by atoms with Crippen LogP contribution in [0.5, 0.6) is 0 Å². The van der Waals surface area contributed by atoms with E-state index in [1.54, 1.807) is 0 Å². The molecule has 2 aliphatic rings. The van der Waals surface area contributed by atoms with E-state index in [4.69, 9.17) is 0 Å². The molecule has 1 saturated heterocycles. The highest BCUT2D eigenvalue weighted by atomic mass is 32.2. The van der Waals surface area contributed by atoms with Crippen molar-refractivity contribution in [3.63, 3.8) is 0 Å². The Morgan fingerprint density at radius 3 is 2.33 bits per heavy atom. The summed E-state index contributed by atoms with van der Waals surface area (Å²) in [7, 11) is 0. The van der Waals surface area contributed by atoms with Gasteiger partial charge in [-0.3, -0.25) is 19.3 Å². The zero-order valence-electron chi connectivity index (χ0n) is 13.1. The molecule has 1 aliphatic carbocycles. The molecule has 2 fully saturated rings. The summed E-state index contributed by atoms with van der Waals surface area (Å²) in [5, 5.41) is 0.279. The molecule has 1 atom stereocenters. The van der Waals surface area contributed by atoms with Crippen LogP contribution < -0.4 is 0 Å². The molecule has 1 heterocycles. The number of hydrogen-bond acceptors (Lipinski definition) is 4. The Bertz CT molecular complexity index is 427. The molecule has 5 heteroatoms. The third-order valence-electron chi connectivity index (χ3n) is 4.91. The van der Waals surface area contributed by atoms with E-state index in [1.165, 1.54) is 16.7 Å². The maximum absolute atomic E-state index is 12.3. The van der Waals surface area contributed by atoms with Gasteiger partial charge in [-0.1, -0.05) is 25.6 Å². The summed E-state index contributed by atoms with van der Waals surface area (Å²) in [5.41, 5.74) is 0. The molecule has 0 spiro atoms. The summed E-state index contributed by atoms with van der Waals surface area (Å²) in [4.78, 5) is 37.5. The number of rotatable bonds is 4. The fourth-order valence-corrected chi connectivity index (χ4v) is 4.00. The van der Waals surface area contributed by atoms with Crippen LogP contribution >= 0.6 is 11.8 Å². The second kappa shape index (κ2) is 6.95. The predicted molar refractivity (Wildman–Crippen MR) is 83.6 cm³/mol. The van der Waals surface area contributed by atoms with Crippen molar-refractivity contribution in [3.8, 4) is 0 Å². The number of hydrogen-bond donors (Lipinski definition) is 0. The zero-order valence-corrected chi connectivity index (χ0v) is 13.9. The van der Waals surface area contributed by atoms with Gasteiger partial charge in [0, 0.05) is 24.8 Å². The molecule has 21 heavy (non-hydrogen) atoms. The average Bonchev–Trinajstić information content (AvgIpc) is 2.75. The average molecular weight is 311 g/mol. The predicted octanol–water partition coefficient (Wildman–Crippen LogP) is 2.71. The fraction of sp³-hybridized carbons (Fsp3) is 0.812. The Kier molecular flexibility index (Phi) is 5.47. The third-order valence-corrected chi connectivity index (χ3v) is 5.64. The van der Waals surface area contributed by atoms with Gasteiger partial charge in [0.05, 0.1) is 0 Å². The molecule has 0 aromatic rings. The maximum atomic E-state index is 12.3. The SMILES string of the molecule is CSC(=O)C1CCC(CN2C(=O)CC(C(C)C)C2=O)CC1. The molecule has 118 valence electrons. The Balaban J connectivity index is 1.88. The van der Waals surface area contributed by atoms with Gasteiger partial charge in [0.15, 0.2) is 5.12 Å². The van der Waals surface area contributed by atoms with E-state index >= 15 is 0 Å². The number of imide groups is 1. The number of carbonyl (C=O) groups excluding carboxylic acids is 3. The highest BCUT2D eigenvalue weighted by Gasteiger charge is 2.41. The first-order chi connectivity index (χ1) is 9.93. The molecule has 1 saturated carbocycles. The normalized spacial score (nSPS) is 30.3. The van der Waals surface area contributed by atoms with Crippen molar-refractivity contribution in [1.82, 2.24) is 4.90 Å². The van der Waals surface area contributed by atoms with Crippen molar-refractivity contribution in [3.05, 3.63) is 0 Å². The van der Waals surface area contributed by atoms with E-state index in [2.05, 4.69) is 0 Å². The summed E-state index contributed by atoms with van der Waals surface area (Å²) >= 11 is 1.31. The number of carbonyl (C=O) groups is 3. The summed E-state index contributed by atoms with van der Waals surface area (Å²) < 4.78 is 0. The topological polar surface area (TPSA) is 54.5 Å². The minimum atomic E-state index is -0.132. The number of likely N-dealkylation sites (tertiary alicyclic amines) is 1. The van der Waals surface area contributed by atoms with Crippen molar-refractivity contribution >= 4 is 28.7 Å². The molecule has 0 aromatic carbocycles. The van der Waals surface area contributed by atoms with E-state index in [-0.39, 0.29) is 34.7 Å². The van der Waals surface area contributed by atoms with Crippen molar-refractivity contribution < 1.29 is 14.4 Å². The zero-order chi connectivity index (χ0) is 15.6. The lowest BCUT2D eigenvalue weighted by Gasteiger charge is -2.29. The molecule has 0 aromatic heterocycles. The Morgan fingerprint density at radius 1 is 1.24 bits per heavy atom. The van der Waals surface area contributed by atoms with E-state index in [0.29, 0.717) is 18.9 Å². The van der Waals surface area contributed by atoms with Crippen LogP contribution in [0.15, 0.2) is 0 Å². The van der Waals surface area contributed by atoms with Gasteiger partial charge in [0.2, 0.25) is 11.8 Å². The fourth-order valence-electron chi connectivity index (χ4n) is 3.43. The molecule has 0 radical (unpaired) electrons. The smallest absolute Gasteiger partial charge is 0.233 e. The van der Waals surface area contributed by atoms with Crippen LogP contribution in [0.25, 0.3) is 0 Å². The summed E-state index contributed by atoms with van der Waals surface area (Å²) in [6.07, 6.45) is 5.89. The first kappa shape index (κ1) is 16.5. The Morgan fingerprint density at radius 2 is 1.86 bits per heavy atom. The van der Waals surface area contributed by atoms with E-state index in [1.807, 2.05) is 20.1 Å². The second-order valence-corrected chi connectivity index (χ2v) is 7.45. The highest BCUT2D eigenvalue weighted by molar-refractivity contribution is 8.13. The minimum absolute atomic E-state index is 0.0114. The minimum Gasteiger partial charge on any atom is -0.287 e. The molecule has 0 N–H and O–H groups in total. The van der Waals surface area contributed by atoms with Crippen LogP contribution in [-0.4, -0.2) is 34.6 Å². The highest BCUT2D eigenvalue weighted by Crippen LogP contribution is 2.34. The maximum Gasteiger partial charge on any atom is 0.233 e. The Hall–Kier alpha value is -0.840. The van der Waals surface area contributed by atoms with Crippen molar-refractivity contribution in [2.75, 3.05) is 12.8 Å². The van der Waals surface area contributed by atoms with E-state index < -0.39 is 0 Å². The third kappa shape index (κ3) is 3.68. The van der Waals surface area contributed by atoms with Gasteiger partial charge in [0.25, 0.3) is 0 Å². The van der Waals surface area contributed by atoms with Gasteiger partial charge in [-0.25, -0.2) is 0 Å². The standard InChI is InChI=1S/C16H25NO3S/c1-10(2)13-8-14(18)17(15(13)19)9-11-4-6-12(7-5-11)16(20)21-3/h10-13H,4-9H2,1-3H3. The molecule has 1 unspecified atom stereocenters. The molecule has 2 amide bonds. The molecular weight excluding hydrogens is 286 g/mol. The molecule has 2 rings (SSSR count). The quantitative estimate of drug-likeness (QED) is 0.749. The summed E-state index contributed by atoms with van der Waals surface area (Å²) in [6.45, 7) is 4.55. The van der Waals surface area contributed by atoms with Gasteiger partial charge < -0.3 is 0 Å². The Labute approximate surface area is 131 Å². The number of nitrogens with zero attached hydrogens (tertiary/aromatic N) is 1. The van der Waals surface area contributed by atoms with Crippen LogP contribution in [-0.2, 0) is 14.4 Å². The molecule has 1 aliphatic heterocycles. The molecule has 4 nitrogen and oxygen atoms in total. The monoisotopic (exact) mass is 311 g/mol. The lowest BCUT2D eigenvalue weighted by molar-refractivity contribution is -0.140.